The van der Waals surface area contributed by atoms with Gasteiger partial charge >= 0.3 is 0 Å². The molecule has 142 valence electrons. The van der Waals surface area contributed by atoms with E-state index in [1.165, 1.54) is 0 Å². The predicted octanol–water partition coefficient (Wildman–Crippen LogP) is 5.17. The van der Waals surface area contributed by atoms with Gasteiger partial charge in [-0.05, 0) is 32.4 Å². The largest absolute Gasteiger partial charge is 0.371 e. The third-order valence-electron chi connectivity index (χ3n) is 4.20. The average molecular weight is 365 g/mol. The quantitative estimate of drug-likeness (QED) is 0.648. The third-order valence-corrected chi connectivity index (χ3v) is 4.20. The Hall–Kier alpha value is -2.53. The van der Waals surface area contributed by atoms with E-state index in [4.69, 9.17) is 9.72 Å². The topological polar surface area (TPSA) is 67.9 Å². The molecule has 2 heterocycles. The van der Waals surface area contributed by atoms with Gasteiger partial charge in [0.05, 0.1) is 29.7 Å². The number of aromatic nitrogens is 3. The minimum absolute atomic E-state index is 0.0486. The van der Waals surface area contributed by atoms with Crippen LogP contribution < -0.4 is 0 Å². The average Bonchev–Trinajstić information content (AvgIpc) is 3.01. The van der Waals surface area contributed by atoms with Gasteiger partial charge in [-0.15, -0.1) is 0 Å². The van der Waals surface area contributed by atoms with Crippen molar-refractivity contribution in [2.24, 2.45) is 5.41 Å². The van der Waals surface area contributed by atoms with Crippen LogP contribution in [0.15, 0.2) is 36.7 Å². The van der Waals surface area contributed by atoms with Crippen molar-refractivity contribution in [2.75, 3.05) is 0 Å². The summed E-state index contributed by atoms with van der Waals surface area (Å²) in [4.78, 5) is 25.0. The molecule has 0 atom stereocenters. The van der Waals surface area contributed by atoms with Crippen molar-refractivity contribution in [3.05, 3.63) is 47.8 Å². The Bertz CT molecular complexity index is 975. The number of ketones is 1. The van der Waals surface area contributed by atoms with E-state index in [2.05, 4.69) is 16.0 Å². The first-order valence-corrected chi connectivity index (χ1v) is 9.17. The van der Waals surface area contributed by atoms with Crippen LogP contribution in [0.25, 0.3) is 22.4 Å². The van der Waals surface area contributed by atoms with E-state index in [1.807, 2.05) is 59.7 Å². The van der Waals surface area contributed by atoms with Crippen LogP contribution in [-0.2, 0) is 11.3 Å². The summed E-state index contributed by atoms with van der Waals surface area (Å²) in [6.45, 7) is 12.4. The van der Waals surface area contributed by atoms with Gasteiger partial charge in [0.1, 0.15) is 5.52 Å². The molecule has 1 aromatic carbocycles. The Morgan fingerprint density at radius 3 is 2.56 bits per heavy atom. The van der Waals surface area contributed by atoms with Gasteiger partial charge in [0.25, 0.3) is 0 Å². The lowest BCUT2D eigenvalue weighted by Crippen LogP contribution is -2.20. The van der Waals surface area contributed by atoms with Crippen LogP contribution >= 0.6 is 0 Å². The lowest BCUT2D eigenvalue weighted by molar-refractivity contribution is -0.0149. The molecular formula is C22H27N3O2. The maximum absolute atomic E-state index is 12.7. The Morgan fingerprint density at radius 2 is 1.89 bits per heavy atom. The molecule has 0 aliphatic rings. The normalized spacial score (nSPS) is 12.5. The second-order valence-corrected chi connectivity index (χ2v) is 8.84. The lowest BCUT2D eigenvalue weighted by Gasteiger charge is -2.19. The Kier molecular flexibility index (Phi) is 4.91. The van der Waals surface area contributed by atoms with Gasteiger partial charge in [0.2, 0.25) is 0 Å². The summed E-state index contributed by atoms with van der Waals surface area (Å²) >= 11 is 0. The van der Waals surface area contributed by atoms with E-state index in [9.17, 15) is 4.79 Å². The number of nitrogens with zero attached hydrogens (tertiary/aromatic N) is 2. The monoisotopic (exact) mass is 365 g/mol. The summed E-state index contributed by atoms with van der Waals surface area (Å²) in [6, 6.07) is 8.07. The summed E-state index contributed by atoms with van der Waals surface area (Å²) in [5.41, 5.74) is 3.92. The highest BCUT2D eigenvalue weighted by Crippen LogP contribution is 2.27. The molecule has 5 heteroatoms. The molecule has 2 aromatic heterocycles. The number of rotatable bonds is 4. The van der Waals surface area contributed by atoms with Gasteiger partial charge in [-0.2, -0.15) is 0 Å². The molecule has 5 nitrogen and oxygen atoms in total. The molecular weight excluding hydrogens is 338 g/mol. The molecule has 0 spiro atoms. The number of ether oxygens (including phenoxy) is 1. The van der Waals surface area contributed by atoms with Crippen LogP contribution in [0, 0.1) is 5.41 Å². The van der Waals surface area contributed by atoms with Crippen LogP contribution in [0.2, 0.25) is 0 Å². The Labute approximate surface area is 160 Å². The van der Waals surface area contributed by atoms with Crippen molar-refractivity contribution in [3.63, 3.8) is 0 Å². The molecule has 0 saturated heterocycles. The Morgan fingerprint density at radius 1 is 1.15 bits per heavy atom. The van der Waals surface area contributed by atoms with E-state index in [0.29, 0.717) is 23.3 Å². The molecule has 3 aromatic rings. The second-order valence-electron chi connectivity index (χ2n) is 8.84. The SMILES string of the molecule is CC(C)(C)OCc1cccc(-c2cnc3[nH]cc(C(=O)C(C)(C)C)c3n2)c1. The smallest absolute Gasteiger partial charge is 0.171 e. The predicted molar refractivity (Wildman–Crippen MR) is 108 cm³/mol. The van der Waals surface area contributed by atoms with Gasteiger partial charge < -0.3 is 9.72 Å². The van der Waals surface area contributed by atoms with Crippen LogP contribution in [0.4, 0.5) is 0 Å². The van der Waals surface area contributed by atoms with Gasteiger partial charge in [0.15, 0.2) is 11.4 Å². The van der Waals surface area contributed by atoms with Crippen molar-refractivity contribution >= 4 is 16.9 Å². The number of nitrogens with one attached hydrogen (secondary N) is 1. The van der Waals surface area contributed by atoms with E-state index < -0.39 is 5.41 Å². The zero-order valence-corrected chi connectivity index (χ0v) is 16.9. The molecule has 0 radical (unpaired) electrons. The van der Waals surface area contributed by atoms with Crippen LogP contribution in [0.5, 0.6) is 0 Å². The highest BCUT2D eigenvalue weighted by molar-refractivity contribution is 6.08. The molecule has 0 aliphatic heterocycles. The number of H-pyrrole nitrogens is 1. The zero-order chi connectivity index (χ0) is 19.8. The zero-order valence-electron chi connectivity index (χ0n) is 16.9. The fourth-order valence-corrected chi connectivity index (χ4v) is 2.73. The molecule has 0 aliphatic carbocycles. The summed E-state index contributed by atoms with van der Waals surface area (Å²) in [5.74, 6) is 0.0486. The highest BCUT2D eigenvalue weighted by atomic mass is 16.5. The second kappa shape index (κ2) is 6.89. The summed E-state index contributed by atoms with van der Waals surface area (Å²) in [6.07, 6.45) is 3.43. The number of carbonyl (C=O) groups is 1. The number of benzene rings is 1. The van der Waals surface area contributed by atoms with Crippen LogP contribution in [-0.4, -0.2) is 26.3 Å². The maximum Gasteiger partial charge on any atom is 0.171 e. The van der Waals surface area contributed by atoms with E-state index in [-0.39, 0.29) is 11.4 Å². The fourth-order valence-electron chi connectivity index (χ4n) is 2.73. The molecule has 0 fully saturated rings. The van der Waals surface area contributed by atoms with Gasteiger partial charge in [0, 0.05) is 17.2 Å². The molecule has 0 saturated carbocycles. The number of carbonyl (C=O) groups excluding carboxylic acids is 1. The minimum Gasteiger partial charge on any atom is -0.371 e. The van der Waals surface area contributed by atoms with E-state index >= 15 is 0 Å². The van der Waals surface area contributed by atoms with Gasteiger partial charge in [-0.25, -0.2) is 9.97 Å². The molecule has 0 bridgehead atoms. The standard InChI is InChI=1S/C22H27N3O2/c1-21(2,3)19(26)16-11-23-20-18(16)25-17(12-24-20)15-9-7-8-14(10-15)13-27-22(4,5)6/h7-12H,13H2,1-6H3,(H,23,24). The third kappa shape index (κ3) is 4.42. The molecule has 1 N–H and O–H groups in total. The summed E-state index contributed by atoms with van der Waals surface area (Å²) in [5, 5.41) is 0. The lowest BCUT2D eigenvalue weighted by atomic mass is 9.87. The van der Waals surface area contributed by atoms with Crippen molar-refractivity contribution in [1.29, 1.82) is 0 Å². The van der Waals surface area contributed by atoms with Crippen molar-refractivity contribution in [3.8, 4) is 11.3 Å². The molecule has 0 unspecified atom stereocenters. The van der Waals surface area contributed by atoms with Crippen molar-refractivity contribution < 1.29 is 9.53 Å². The van der Waals surface area contributed by atoms with Crippen LogP contribution in [0.1, 0.15) is 57.5 Å². The van der Waals surface area contributed by atoms with Crippen molar-refractivity contribution in [1.82, 2.24) is 15.0 Å². The molecule has 0 amide bonds. The van der Waals surface area contributed by atoms with Gasteiger partial charge in [-0.3, -0.25) is 4.79 Å². The highest BCUT2D eigenvalue weighted by Gasteiger charge is 2.26. The first-order chi connectivity index (χ1) is 12.5. The summed E-state index contributed by atoms with van der Waals surface area (Å²) < 4.78 is 5.87. The maximum atomic E-state index is 12.7. The molecule has 27 heavy (non-hydrogen) atoms. The molecule has 3 rings (SSSR count). The number of aromatic amines is 1. The first kappa shape index (κ1) is 19.2. The first-order valence-electron chi connectivity index (χ1n) is 9.17. The number of hydrogen-bond donors (Lipinski definition) is 1. The van der Waals surface area contributed by atoms with E-state index in [1.54, 1.807) is 12.4 Å². The summed E-state index contributed by atoms with van der Waals surface area (Å²) in [7, 11) is 0. The Balaban J connectivity index is 1.97. The fraction of sp³-hybridized carbons (Fsp3) is 0.409. The minimum atomic E-state index is -0.475. The number of hydrogen-bond acceptors (Lipinski definition) is 4. The number of Topliss-reactive ketones (excluding diaryl/α,β-unsaturated/α-hetero) is 1. The van der Waals surface area contributed by atoms with Gasteiger partial charge in [-0.1, -0.05) is 39.0 Å². The number of fused-ring (bicyclic) bond motifs is 1. The van der Waals surface area contributed by atoms with Crippen LogP contribution in [0.3, 0.4) is 0 Å². The van der Waals surface area contributed by atoms with E-state index in [0.717, 1.165) is 16.8 Å². The van der Waals surface area contributed by atoms with Crippen molar-refractivity contribution in [2.45, 2.75) is 53.8 Å².